The van der Waals surface area contributed by atoms with Gasteiger partial charge in [0.25, 0.3) is 0 Å². The molecular weight excluding hydrogens is 124 g/mol. The van der Waals surface area contributed by atoms with Gasteiger partial charge in [0.05, 0.1) is 0 Å². The lowest BCUT2D eigenvalue weighted by Crippen LogP contribution is -2.18. The number of carbonyl (C=O) groups excluding carboxylic acids is 1. The Morgan fingerprint density at radius 3 is 2.20 bits per heavy atom. The highest BCUT2D eigenvalue weighted by atomic mass is 16.1. The minimum absolute atomic E-state index is 0.270. The summed E-state index contributed by atoms with van der Waals surface area (Å²) >= 11 is 0. The standard InChI is InChI=1S/C9H14O/c1-2-8-5-3-4-6-9(8)7-10/h2,7-9H,1,3-6H2/t8-,9+/m0/s1. The Labute approximate surface area is 62.1 Å². The minimum Gasteiger partial charge on any atom is -0.303 e. The van der Waals surface area contributed by atoms with Gasteiger partial charge >= 0.3 is 0 Å². The Kier molecular flexibility index (Phi) is 2.67. The van der Waals surface area contributed by atoms with Gasteiger partial charge in [-0.25, -0.2) is 0 Å². The molecule has 1 fully saturated rings. The topological polar surface area (TPSA) is 17.1 Å². The van der Waals surface area contributed by atoms with E-state index in [1.807, 2.05) is 6.08 Å². The summed E-state index contributed by atoms with van der Waals surface area (Å²) < 4.78 is 0. The highest BCUT2D eigenvalue weighted by Gasteiger charge is 2.21. The molecule has 56 valence electrons. The number of aldehydes is 1. The fraction of sp³-hybridized carbons (Fsp3) is 0.667. The first-order chi connectivity index (χ1) is 4.88. The normalized spacial score (nSPS) is 33.2. The fourth-order valence-corrected chi connectivity index (χ4v) is 1.65. The van der Waals surface area contributed by atoms with Gasteiger partial charge < -0.3 is 4.79 Å². The summed E-state index contributed by atoms with van der Waals surface area (Å²) in [5, 5.41) is 0. The van der Waals surface area contributed by atoms with Gasteiger partial charge in [0.15, 0.2) is 0 Å². The van der Waals surface area contributed by atoms with Gasteiger partial charge in [-0.1, -0.05) is 18.9 Å². The number of hydrogen-bond acceptors (Lipinski definition) is 1. The predicted molar refractivity (Wildman–Crippen MR) is 41.7 cm³/mol. The molecule has 0 heterocycles. The first-order valence-corrected chi connectivity index (χ1v) is 3.96. The molecule has 0 aliphatic heterocycles. The number of carbonyl (C=O) groups is 1. The molecule has 0 saturated heterocycles. The van der Waals surface area contributed by atoms with Gasteiger partial charge in [-0.2, -0.15) is 0 Å². The Bertz CT molecular complexity index is 113. The van der Waals surface area contributed by atoms with Crippen LogP contribution in [-0.4, -0.2) is 6.29 Å². The highest BCUT2D eigenvalue weighted by Crippen LogP contribution is 2.28. The van der Waals surface area contributed by atoms with Crippen LogP contribution >= 0.6 is 0 Å². The maximum atomic E-state index is 10.5. The predicted octanol–water partition coefficient (Wildman–Crippen LogP) is 2.18. The maximum absolute atomic E-state index is 10.5. The number of rotatable bonds is 2. The van der Waals surface area contributed by atoms with Gasteiger partial charge in [-0.3, -0.25) is 0 Å². The second kappa shape index (κ2) is 3.55. The molecule has 10 heavy (non-hydrogen) atoms. The van der Waals surface area contributed by atoms with Crippen LogP contribution in [0.2, 0.25) is 0 Å². The lowest BCUT2D eigenvalue weighted by molar-refractivity contribution is -0.112. The molecule has 0 bridgehead atoms. The van der Waals surface area contributed by atoms with E-state index in [9.17, 15) is 4.79 Å². The van der Waals surface area contributed by atoms with Gasteiger partial charge in [0.1, 0.15) is 6.29 Å². The molecule has 1 nitrogen and oxygen atoms in total. The van der Waals surface area contributed by atoms with E-state index in [0.717, 1.165) is 19.1 Å². The average Bonchev–Trinajstić information content (AvgIpc) is 2.04. The van der Waals surface area contributed by atoms with E-state index >= 15 is 0 Å². The van der Waals surface area contributed by atoms with Crippen LogP contribution < -0.4 is 0 Å². The largest absolute Gasteiger partial charge is 0.303 e. The van der Waals surface area contributed by atoms with Crippen LogP contribution in [0.3, 0.4) is 0 Å². The summed E-state index contributed by atoms with van der Waals surface area (Å²) in [5.74, 6) is 0.734. The van der Waals surface area contributed by atoms with Gasteiger partial charge in [-0.15, -0.1) is 6.58 Å². The smallest absolute Gasteiger partial charge is 0.123 e. The summed E-state index contributed by atoms with van der Waals surface area (Å²) in [6.07, 6.45) is 7.73. The van der Waals surface area contributed by atoms with Crippen LogP contribution in [0.5, 0.6) is 0 Å². The summed E-state index contributed by atoms with van der Waals surface area (Å²) in [5.41, 5.74) is 0. The van der Waals surface area contributed by atoms with E-state index in [2.05, 4.69) is 6.58 Å². The SMILES string of the molecule is C=C[C@H]1CCCC[C@@H]1C=O. The van der Waals surface area contributed by atoms with Crippen LogP contribution in [0, 0.1) is 11.8 Å². The van der Waals surface area contributed by atoms with Crippen molar-refractivity contribution in [3.8, 4) is 0 Å². The molecule has 1 rings (SSSR count). The fourth-order valence-electron chi connectivity index (χ4n) is 1.65. The van der Waals surface area contributed by atoms with Crippen LogP contribution in [0.25, 0.3) is 0 Å². The van der Waals surface area contributed by atoms with Crippen molar-refractivity contribution >= 4 is 6.29 Å². The second-order valence-corrected chi connectivity index (χ2v) is 2.98. The van der Waals surface area contributed by atoms with Crippen molar-refractivity contribution in [1.29, 1.82) is 0 Å². The first kappa shape index (κ1) is 7.52. The van der Waals surface area contributed by atoms with E-state index in [0.29, 0.717) is 5.92 Å². The Morgan fingerprint density at radius 1 is 1.20 bits per heavy atom. The Morgan fingerprint density at radius 2 is 1.80 bits per heavy atom. The summed E-state index contributed by atoms with van der Waals surface area (Å²) in [7, 11) is 0. The lowest BCUT2D eigenvalue weighted by atomic mass is 9.80. The van der Waals surface area contributed by atoms with Gasteiger partial charge in [-0.05, 0) is 18.8 Å². The molecule has 1 aliphatic rings. The van der Waals surface area contributed by atoms with Crippen molar-refractivity contribution in [3.63, 3.8) is 0 Å². The first-order valence-electron chi connectivity index (χ1n) is 3.96. The van der Waals surface area contributed by atoms with E-state index in [-0.39, 0.29) is 5.92 Å². The summed E-state index contributed by atoms with van der Waals surface area (Å²) in [6, 6.07) is 0. The number of hydrogen-bond donors (Lipinski definition) is 0. The van der Waals surface area contributed by atoms with Gasteiger partial charge in [0, 0.05) is 5.92 Å². The number of allylic oxidation sites excluding steroid dienone is 1. The zero-order valence-corrected chi connectivity index (χ0v) is 6.25. The minimum atomic E-state index is 0.270. The second-order valence-electron chi connectivity index (χ2n) is 2.98. The highest BCUT2D eigenvalue weighted by molar-refractivity contribution is 5.54. The van der Waals surface area contributed by atoms with Crippen molar-refractivity contribution in [1.82, 2.24) is 0 Å². The maximum Gasteiger partial charge on any atom is 0.123 e. The van der Waals surface area contributed by atoms with Crippen LogP contribution in [0.1, 0.15) is 25.7 Å². The molecule has 1 heteroatoms. The van der Waals surface area contributed by atoms with Crippen LogP contribution in [-0.2, 0) is 4.79 Å². The molecule has 1 saturated carbocycles. The molecule has 0 spiro atoms. The third-order valence-electron chi connectivity index (χ3n) is 2.35. The Hall–Kier alpha value is -0.590. The van der Waals surface area contributed by atoms with Crippen molar-refractivity contribution in [2.75, 3.05) is 0 Å². The third kappa shape index (κ3) is 1.47. The monoisotopic (exact) mass is 138 g/mol. The lowest BCUT2D eigenvalue weighted by Gasteiger charge is -2.24. The summed E-state index contributed by atoms with van der Waals surface area (Å²) in [6.45, 7) is 3.72. The molecule has 0 aromatic rings. The average molecular weight is 138 g/mol. The van der Waals surface area contributed by atoms with E-state index in [4.69, 9.17) is 0 Å². The molecule has 0 aromatic carbocycles. The van der Waals surface area contributed by atoms with E-state index in [1.54, 1.807) is 0 Å². The van der Waals surface area contributed by atoms with Crippen molar-refractivity contribution in [2.24, 2.45) is 11.8 Å². The molecule has 0 unspecified atom stereocenters. The Balaban J connectivity index is 2.49. The zero-order chi connectivity index (χ0) is 7.40. The quantitative estimate of drug-likeness (QED) is 0.422. The third-order valence-corrected chi connectivity index (χ3v) is 2.35. The molecule has 0 amide bonds. The molecule has 0 radical (unpaired) electrons. The van der Waals surface area contributed by atoms with Crippen LogP contribution in [0.15, 0.2) is 12.7 Å². The summed E-state index contributed by atoms with van der Waals surface area (Å²) in [4.78, 5) is 10.5. The molecule has 1 aliphatic carbocycles. The van der Waals surface area contributed by atoms with Crippen molar-refractivity contribution in [2.45, 2.75) is 25.7 Å². The van der Waals surface area contributed by atoms with Crippen molar-refractivity contribution < 1.29 is 4.79 Å². The molecule has 2 atom stereocenters. The molecular formula is C9H14O. The zero-order valence-electron chi connectivity index (χ0n) is 6.25. The van der Waals surface area contributed by atoms with Gasteiger partial charge in [0.2, 0.25) is 0 Å². The molecule has 0 aromatic heterocycles. The van der Waals surface area contributed by atoms with Crippen molar-refractivity contribution in [3.05, 3.63) is 12.7 Å². The van der Waals surface area contributed by atoms with Crippen LogP contribution in [0.4, 0.5) is 0 Å². The van der Waals surface area contributed by atoms with E-state index in [1.165, 1.54) is 12.8 Å². The van der Waals surface area contributed by atoms with E-state index < -0.39 is 0 Å². The molecule has 0 N–H and O–H groups in total.